The molecule has 3 rings (SSSR count). The summed E-state index contributed by atoms with van der Waals surface area (Å²) in [4.78, 5) is 25.1. The van der Waals surface area contributed by atoms with E-state index >= 15 is 0 Å². The van der Waals surface area contributed by atoms with Gasteiger partial charge in [-0.25, -0.2) is 4.79 Å². The van der Waals surface area contributed by atoms with Crippen molar-refractivity contribution < 1.29 is 4.79 Å². The molecule has 1 aliphatic rings. The SMILES string of the molecule is CN(Cc1ccccn1)[C@H]1CCCN(C(=O)Nc2cccnc2)CC1. The van der Waals surface area contributed by atoms with Gasteiger partial charge in [-0.15, -0.1) is 0 Å². The Morgan fingerprint density at radius 2 is 2.16 bits per heavy atom. The minimum absolute atomic E-state index is 0.0407. The van der Waals surface area contributed by atoms with Crippen molar-refractivity contribution >= 4 is 11.7 Å². The minimum Gasteiger partial charge on any atom is -0.324 e. The maximum absolute atomic E-state index is 12.5. The highest BCUT2D eigenvalue weighted by Crippen LogP contribution is 2.18. The lowest BCUT2D eigenvalue weighted by atomic mass is 10.1. The smallest absolute Gasteiger partial charge is 0.321 e. The lowest BCUT2D eigenvalue weighted by Crippen LogP contribution is -2.37. The second-order valence-corrected chi connectivity index (χ2v) is 6.48. The number of amides is 2. The number of hydrogen-bond acceptors (Lipinski definition) is 4. The Bertz CT molecular complexity index is 664. The normalized spacial score (nSPS) is 18.0. The fourth-order valence-corrected chi connectivity index (χ4v) is 3.24. The Kier molecular flexibility index (Phi) is 5.95. The maximum Gasteiger partial charge on any atom is 0.321 e. The van der Waals surface area contributed by atoms with E-state index < -0.39 is 0 Å². The van der Waals surface area contributed by atoms with Gasteiger partial charge in [0.05, 0.1) is 17.6 Å². The standard InChI is InChI=1S/C19H25N5O/c1-23(15-17-6-2-3-11-21-17)18-8-5-12-24(13-9-18)19(25)22-16-7-4-10-20-14-16/h2-4,6-7,10-11,14,18H,5,8-9,12-13,15H2,1H3,(H,22,25)/t18-/m0/s1. The Hall–Kier alpha value is -2.47. The van der Waals surface area contributed by atoms with Crippen LogP contribution in [-0.4, -0.2) is 52.0 Å². The predicted molar refractivity (Wildman–Crippen MR) is 98.2 cm³/mol. The fourth-order valence-electron chi connectivity index (χ4n) is 3.24. The van der Waals surface area contributed by atoms with Crippen LogP contribution in [-0.2, 0) is 6.54 Å². The summed E-state index contributed by atoms with van der Waals surface area (Å²) in [6.07, 6.45) is 8.28. The molecule has 25 heavy (non-hydrogen) atoms. The first-order chi connectivity index (χ1) is 12.2. The zero-order valence-corrected chi connectivity index (χ0v) is 14.6. The highest BCUT2D eigenvalue weighted by molar-refractivity contribution is 5.89. The van der Waals surface area contributed by atoms with Crippen LogP contribution >= 0.6 is 0 Å². The molecule has 1 N–H and O–H groups in total. The molecule has 1 atom stereocenters. The molecule has 0 aromatic carbocycles. The molecule has 2 aromatic heterocycles. The molecule has 2 amide bonds. The molecule has 132 valence electrons. The van der Waals surface area contributed by atoms with Crippen molar-refractivity contribution in [2.45, 2.75) is 31.8 Å². The van der Waals surface area contributed by atoms with Gasteiger partial charge in [0.1, 0.15) is 0 Å². The number of nitrogens with zero attached hydrogens (tertiary/aromatic N) is 4. The first kappa shape index (κ1) is 17.4. The van der Waals surface area contributed by atoms with E-state index in [0.717, 1.165) is 50.3 Å². The third-order valence-corrected chi connectivity index (χ3v) is 4.66. The number of rotatable bonds is 4. The molecule has 0 saturated carbocycles. The molecular formula is C19H25N5O. The van der Waals surface area contributed by atoms with Crippen LogP contribution in [0.1, 0.15) is 25.0 Å². The molecule has 0 spiro atoms. The lowest BCUT2D eigenvalue weighted by Gasteiger charge is -2.27. The van der Waals surface area contributed by atoms with Gasteiger partial charge in [-0.3, -0.25) is 14.9 Å². The van der Waals surface area contributed by atoms with E-state index in [2.05, 4.69) is 33.3 Å². The van der Waals surface area contributed by atoms with Gasteiger partial charge in [0.2, 0.25) is 0 Å². The van der Waals surface area contributed by atoms with Gasteiger partial charge in [0.15, 0.2) is 0 Å². The van der Waals surface area contributed by atoms with E-state index in [9.17, 15) is 4.79 Å². The van der Waals surface area contributed by atoms with Crippen molar-refractivity contribution in [1.29, 1.82) is 0 Å². The Balaban J connectivity index is 1.52. The molecule has 0 aliphatic carbocycles. The molecule has 6 nitrogen and oxygen atoms in total. The number of anilines is 1. The monoisotopic (exact) mass is 339 g/mol. The fraction of sp³-hybridized carbons (Fsp3) is 0.421. The van der Waals surface area contributed by atoms with Crippen molar-refractivity contribution in [3.63, 3.8) is 0 Å². The van der Waals surface area contributed by atoms with E-state index in [-0.39, 0.29) is 6.03 Å². The average molecular weight is 339 g/mol. The topological polar surface area (TPSA) is 61.4 Å². The van der Waals surface area contributed by atoms with E-state index in [4.69, 9.17) is 0 Å². The van der Waals surface area contributed by atoms with Crippen LogP contribution in [0.5, 0.6) is 0 Å². The molecular weight excluding hydrogens is 314 g/mol. The maximum atomic E-state index is 12.5. The molecule has 1 saturated heterocycles. The summed E-state index contributed by atoms with van der Waals surface area (Å²) < 4.78 is 0. The van der Waals surface area contributed by atoms with Crippen LogP contribution in [0.25, 0.3) is 0 Å². The molecule has 2 aromatic rings. The third-order valence-electron chi connectivity index (χ3n) is 4.66. The number of nitrogens with one attached hydrogen (secondary N) is 1. The molecule has 1 fully saturated rings. The zero-order valence-electron chi connectivity index (χ0n) is 14.6. The second-order valence-electron chi connectivity index (χ2n) is 6.48. The number of aromatic nitrogens is 2. The van der Waals surface area contributed by atoms with Gasteiger partial charge in [-0.1, -0.05) is 6.07 Å². The minimum atomic E-state index is -0.0407. The lowest BCUT2D eigenvalue weighted by molar-refractivity contribution is 0.200. The van der Waals surface area contributed by atoms with Crippen molar-refractivity contribution in [3.05, 3.63) is 54.6 Å². The molecule has 0 bridgehead atoms. The van der Waals surface area contributed by atoms with E-state index in [0.29, 0.717) is 6.04 Å². The summed E-state index contributed by atoms with van der Waals surface area (Å²) >= 11 is 0. The Morgan fingerprint density at radius 1 is 1.24 bits per heavy atom. The van der Waals surface area contributed by atoms with Gasteiger partial charge in [0, 0.05) is 38.1 Å². The van der Waals surface area contributed by atoms with Crippen molar-refractivity contribution in [2.24, 2.45) is 0 Å². The molecule has 0 radical (unpaired) electrons. The van der Waals surface area contributed by atoms with Crippen molar-refractivity contribution in [3.8, 4) is 0 Å². The third kappa shape index (κ3) is 5.00. The summed E-state index contributed by atoms with van der Waals surface area (Å²) in [5.74, 6) is 0. The van der Waals surface area contributed by atoms with Gasteiger partial charge in [-0.2, -0.15) is 0 Å². The van der Waals surface area contributed by atoms with Gasteiger partial charge < -0.3 is 10.2 Å². The van der Waals surface area contributed by atoms with E-state index in [1.807, 2.05) is 35.4 Å². The van der Waals surface area contributed by atoms with E-state index in [1.165, 1.54) is 0 Å². The number of urea groups is 1. The number of hydrogen-bond donors (Lipinski definition) is 1. The number of carbonyl (C=O) groups excluding carboxylic acids is 1. The zero-order chi connectivity index (χ0) is 17.5. The average Bonchev–Trinajstić information content (AvgIpc) is 2.90. The largest absolute Gasteiger partial charge is 0.324 e. The van der Waals surface area contributed by atoms with Gasteiger partial charge >= 0.3 is 6.03 Å². The molecule has 0 unspecified atom stereocenters. The number of pyridine rings is 2. The van der Waals surface area contributed by atoms with Gasteiger partial charge in [-0.05, 0) is 50.6 Å². The van der Waals surface area contributed by atoms with Crippen LogP contribution in [0, 0.1) is 0 Å². The summed E-state index contributed by atoms with van der Waals surface area (Å²) in [6, 6.07) is 10.1. The molecule has 1 aliphatic heterocycles. The van der Waals surface area contributed by atoms with E-state index in [1.54, 1.807) is 12.4 Å². The Morgan fingerprint density at radius 3 is 2.92 bits per heavy atom. The Labute approximate surface area is 148 Å². The summed E-state index contributed by atoms with van der Waals surface area (Å²) in [5.41, 5.74) is 1.82. The summed E-state index contributed by atoms with van der Waals surface area (Å²) in [5, 5.41) is 2.92. The number of likely N-dealkylation sites (tertiary alicyclic amines) is 1. The first-order valence-corrected chi connectivity index (χ1v) is 8.78. The molecule has 3 heterocycles. The van der Waals surface area contributed by atoms with Crippen LogP contribution in [0.15, 0.2) is 48.9 Å². The molecule has 6 heteroatoms. The predicted octanol–water partition coefficient (Wildman–Crippen LogP) is 3.00. The van der Waals surface area contributed by atoms with Crippen molar-refractivity contribution in [2.75, 3.05) is 25.5 Å². The second kappa shape index (κ2) is 8.58. The van der Waals surface area contributed by atoms with Crippen LogP contribution < -0.4 is 5.32 Å². The number of carbonyl (C=O) groups is 1. The highest BCUT2D eigenvalue weighted by Gasteiger charge is 2.23. The summed E-state index contributed by atoms with van der Waals surface area (Å²) in [7, 11) is 2.14. The van der Waals surface area contributed by atoms with Crippen molar-refractivity contribution in [1.82, 2.24) is 19.8 Å². The highest BCUT2D eigenvalue weighted by atomic mass is 16.2. The van der Waals surface area contributed by atoms with Crippen LogP contribution in [0.2, 0.25) is 0 Å². The summed E-state index contributed by atoms with van der Waals surface area (Å²) in [6.45, 7) is 2.40. The van der Waals surface area contributed by atoms with Crippen LogP contribution in [0.3, 0.4) is 0 Å². The first-order valence-electron chi connectivity index (χ1n) is 8.78. The quantitative estimate of drug-likeness (QED) is 0.930. The van der Waals surface area contributed by atoms with Crippen LogP contribution in [0.4, 0.5) is 10.5 Å². The van der Waals surface area contributed by atoms with Gasteiger partial charge in [0.25, 0.3) is 0 Å².